The van der Waals surface area contributed by atoms with Crippen molar-refractivity contribution < 1.29 is 17.6 Å². The summed E-state index contributed by atoms with van der Waals surface area (Å²) in [6, 6.07) is 3.36. The monoisotopic (exact) mass is 413 g/mol. The van der Waals surface area contributed by atoms with Crippen LogP contribution in [0.3, 0.4) is 0 Å². The molecule has 1 aromatic heterocycles. The van der Waals surface area contributed by atoms with Crippen molar-refractivity contribution in [3.05, 3.63) is 45.7 Å². The van der Waals surface area contributed by atoms with Crippen LogP contribution in [0.25, 0.3) is 0 Å². The molecule has 0 bridgehead atoms. The number of nitrogens with zero attached hydrogens (tertiary/aromatic N) is 2. The van der Waals surface area contributed by atoms with Gasteiger partial charge in [-0.3, -0.25) is 4.79 Å². The minimum atomic E-state index is -4.01. The first kappa shape index (κ1) is 21.5. The third kappa shape index (κ3) is 4.53. The van der Waals surface area contributed by atoms with Gasteiger partial charge in [-0.25, -0.2) is 17.8 Å². The number of benzene rings is 1. The van der Waals surface area contributed by atoms with Crippen LogP contribution in [-0.4, -0.2) is 36.7 Å². The Balaban J connectivity index is 2.36. The summed E-state index contributed by atoms with van der Waals surface area (Å²) in [4.78, 5) is 16.6. The smallest absolute Gasteiger partial charge is 0.252 e. The van der Waals surface area contributed by atoms with Gasteiger partial charge in [0.05, 0.1) is 5.54 Å². The van der Waals surface area contributed by atoms with Crippen LogP contribution in [0.2, 0.25) is 0 Å². The summed E-state index contributed by atoms with van der Waals surface area (Å²) in [7, 11) is -4.01. The summed E-state index contributed by atoms with van der Waals surface area (Å²) < 4.78 is 40.7. The van der Waals surface area contributed by atoms with Crippen LogP contribution < -0.4 is 5.32 Å². The van der Waals surface area contributed by atoms with E-state index in [9.17, 15) is 17.6 Å². The van der Waals surface area contributed by atoms with Gasteiger partial charge in [-0.05, 0) is 39.0 Å². The molecule has 27 heavy (non-hydrogen) atoms. The Hall–Kier alpha value is -1.84. The van der Waals surface area contributed by atoms with Crippen LogP contribution >= 0.6 is 11.3 Å². The second-order valence-corrected chi connectivity index (χ2v) is 9.37. The number of hydrogen-bond acceptors (Lipinski definition) is 5. The van der Waals surface area contributed by atoms with Crippen LogP contribution in [0.1, 0.15) is 48.8 Å². The van der Waals surface area contributed by atoms with Gasteiger partial charge < -0.3 is 5.32 Å². The highest BCUT2D eigenvalue weighted by molar-refractivity contribution is 7.89. The topological polar surface area (TPSA) is 79.4 Å². The predicted molar refractivity (Wildman–Crippen MR) is 104 cm³/mol. The highest BCUT2D eigenvalue weighted by Crippen LogP contribution is 2.25. The number of rotatable bonds is 7. The summed E-state index contributed by atoms with van der Waals surface area (Å²) in [5.41, 5.74) is 0.178. The summed E-state index contributed by atoms with van der Waals surface area (Å²) in [5.74, 6) is -1.38. The molecule has 1 aromatic carbocycles. The van der Waals surface area contributed by atoms with Crippen molar-refractivity contribution in [3.8, 4) is 0 Å². The molecule has 0 atom stereocenters. The lowest BCUT2D eigenvalue weighted by molar-refractivity contribution is 0.0911. The standard InChI is InChI=1S/C18H24FN3O3S2/c1-6-22(7-2)27(24,25)15-10-13(8-9-14(15)19)16(23)21-18(4,5)17-20-12(3)11-26-17/h8-11H,6-7H2,1-5H3,(H,21,23). The first-order chi connectivity index (χ1) is 12.5. The molecule has 0 radical (unpaired) electrons. The van der Waals surface area contributed by atoms with Crippen LogP contribution in [-0.2, 0) is 15.6 Å². The van der Waals surface area contributed by atoms with Crippen molar-refractivity contribution in [2.24, 2.45) is 0 Å². The highest BCUT2D eigenvalue weighted by atomic mass is 32.2. The molecule has 0 aliphatic carbocycles. The number of carbonyl (C=O) groups excluding carboxylic acids is 1. The summed E-state index contributed by atoms with van der Waals surface area (Å²) in [6.07, 6.45) is 0. The zero-order chi connectivity index (χ0) is 20.4. The van der Waals surface area contributed by atoms with Gasteiger partial charge in [0.2, 0.25) is 10.0 Å². The fraction of sp³-hybridized carbons (Fsp3) is 0.444. The maximum Gasteiger partial charge on any atom is 0.252 e. The molecule has 0 fully saturated rings. The molecule has 0 aliphatic rings. The van der Waals surface area contributed by atoms with Crippen LogP contribution in [0.15, 0.2) is 28.5 Å². The zero-order valence-corrected chi connectivity index (χ0v) is 17.7. The molecule has 0 saturated carbocycles. The van der Waals surface area contributed by atoms with E-state index in [0.717, 1.165) is 27.1 Å². The average Bonchev–Trinajstić information content (AvgIpc) is 3.03. The molecule has 0 aliphatic heterocycles. The fourth-order valence-corrected chi connectivity index (χ4v) is 5.02. The number of amides is 1. The average molecular weight is 414 g/mol. The van der Waals surface area contributed by atoms with Gasteiger partial charge in [-0.15, -0.1) is 11.3 Å². The molecule has 1 N–H and O–H groups in total. The van der Waals surface area contributed by atoms with E-state index < -0.39 is 32.2 Å². The molecule has 1 amide bonds. The lowest BCUT2D eigenvalue weighted by atomic mass is 10.1. The van der Waals surface area contributed by atoms with Crippen molar-refractivity contribution >= 4 is 27.3 Å². The Morgan fingerprint density at radius 3 is 2.44 bits per heavy atom. The molecular weight excluding hydrogens is 389 g/mol. The first-order valence-electron chi connectivity index (χ1n) is 8.57. The van der Waals surface area contributed by atoms with Gasteiger partial charge >= 0.3 is 0 Å². The molecule has 9 heteroatoms. The maximum atomic E-state index is 14.2. The van der Waals surface area contributed by atoms with E-state index >= 15 is 0 Å². The fourth-order valence-electron chi connectivity index (χ4n) is 2.60. The maximum absolute atomic E-state index is 14.2. The number of sulfonamides is 1. The SMILES string of the molecule is CCN(CC)S(=O)(=O)c1cc(C(=O)NC(C)(C)c2nc(C)cs2)ccc1F. The Kier molecular flexibility index (Phi) is 6.39. The number of aryl methyl sites for hydroxylation is 1. The quantitative estimate of drug-likeness (QED) is 0.755. The van der Waals surface area contributed by atoms with E-state index in [1.165, 1.54) is 17.4 Å². The molecule has 0 unspecified atom stereocenters. The van der Waals surface area contributed by atoms with E-state index in [0.29, 0.717) is 0 Å². The molecule has 2 rings (SSSR count). The minimum Gasteiger partial charge on any atom is -0.341 e. The predicted octanol–water partition coefficient (Wildman–Crippen LogP) is 3.29. The Labute approximate surface area is 163 Å². The molecule has 0 spiro atoms. The van der Waals surface area contributed by atoms with E-state index in [2.05, 4.69) is 10.3 Å². The number of halogens is 1. The highest BCUT2D eigenvalue weighted by Gasteiger charge is 2.29. The van der Waals surface area contributed by atoms with Gasteiger partial charge in [0.15, 0.2) is 0 Å². The lowest BCUT2D eigenvalue weighted by Gasteiger charge is -2.24. The summed E-state index contributed by atoms with van der Waals surface area (Å²) in [5, 5.41) is 5.45. The van der Waals surface area contributed by atoms with Gasteiger partial charge in [0, 0.05) is 29.7 Å². The normalized spacial score (nSPS) is 12.4. The van der Waals surface area contributed by atoms with Crippen molar-refractivity contribution in [2.75, 3.05) is 13.1 Å². The Morgan fingerprint density at radius 1 is 1.30 bits per heavy atom. The largest absolute Gasteiger partial charge is 0.341 e. The number of nitrogens with one attached hydrogen (secondary N) is 1. The number of thiazole rings is 1. The third-order valence-electron chi connectivity index (χ3n) is 4.10. The zero-order valence-electron chi connectivity index (χ0n) is 16.0. The van der Waals surface area contributed by atoms with E-state index in [4.69, 9.17) is 0 Å². The van der Waals surface area contributed by atoms with Gasteiger partial charge in [0.1, 0.15) is 15.7 Å². The molecule has 1 heterocycles. The Morgan fingerprint density at radius 2 is 1.93 bits per heavy atom. The summed E-state index contributed by atoms with van der Waals surface area (Å²) in [6.45, 7) is 9.25. The van der Waals surface area contributed by atoms with E-state index in [1.54, 1.807) is 27.7 Å². The molecular formula is C18H24FN3O3S2. The molecule has 2 aromatic rings. The van der Waals surface area contributed by atoms with Crippen LogP contribution in [0.5, 0.6) is 0 Å². The van der Waals surface area contributed by atoms with E-state index in [1.807, 2.05) is 12.3 Å². The van der Waals surface area contributed by atoms with Crippen molar-refractivity contribution in [1.82, 2.24) is 14.6 Å². The van der Waals surface area contributed by atoms with Gasteiger partial charge in [0.25, 0.3) is 5.91 Å². The number of hydrogen-bond donors (Lipinski definition) is 1. The van der Waals surface area contributed by atoms with E-state index in [-0.39, 0.29) is 18.7 Å². The second-order valence-electron chi connectivity index (χ2n) is 6.61. The van der Waals surface area contributed by atoms with Crippen LogP contribution in [0, 0.1) is 12.7 Å². The van der Waals surface area contributed by atoms with Crippen molar-refractivity contribution in [2.45, 2.75) is 45.1 Å². The second kappa shape index (κ2) is 8.04. The first-order valence-corrected chi connectivity index (χ1v) is 10.9. The van der Waals surface area contributed by atoms with Gasteiger partial charge in [-0.1, -0.05) is 13.8 Å². The number of aromatic nitrogens is 1. The molecule has 148 valence electrons. The van der Waals surface area contributed by atoms with Crippen molar-refractivity contribution in [1.29, 1.82) is 0 Å². The Bertz CT molecular complexity index is 935. The van der Waals surface area contributed by atoms with Gasteiger partial charge in [-0.2, -0.15) is 4.31 Å². The molecule has 6 nitrogen and oxygen atoms in total. The number of carbonyl (C=O) groups is 1. The van der Waals surface area contributed by atoms with Crippen LogP contribution in [0.4, 0.5) is 4.39 Å². The molecule has 0 saturated heterocycles. The summed E-state index contributed by atoms with van der Waals surface area (Å²) >= 11 is 1.42. The lowest BCUT2D eigenvalue weighted by Crippen LogP contribution is -2.41. The minimum absolute atomic E-state index is 0.0727. The third-order valence-corrected chi connectivity index (χ3v) is 7.45. The van der Waals surface area contributed by atoms with Crippen molar-refractivity contribution in [3.63, 3.8) is 0 Å².